The molecule has 2 N–H and O–H groups in total. The first-order chi connectivity index (χ1) is 10.2. The van der Waals surface area contributed by atoms with E-state index >= 15 is 0 Å². The van der Waals surface area contributed by atoms with Crippen LogP contribution in [0.4, 0.5) is 17.5 Å². The van der Waals surface area contributed by atoms with Gasteiger partial charge < -0.3 is 15.4 Å². The van der Waals surface area contributed by atoms with Crippen molar-refractivity contribution in [2.75, 3.05) is 30.9 Å². The zero-order chi connectivity index (χ0) is 15.1. The summed E-state index contributed by atoms with van der Waals surface area (Å²) in [5, 5.41) is 14.9. The number of anilines is 3. The molecule has 0 spiro atoms. The predicted octanol–water partition coefficient (Wildman–Crippen LogP) is 3.37. The number of nitrogens with one attached hydrogen (secondary N) is 2. The highest BCUT2D eigenvalue weighted by atomic mass is 35.5. The number of benzene rings is 1. The second-order valence-corrected chi connectivity index (χ2v) is 4.97. The van der Waals surface area contributed by atoms with E-state index in [1.165, 1.54) is 0 Å². The van der Waals surface area contributed by atoms with E-state index in [9.17, 15) is 0 Å². The summed E-state index contributed by atoms with van der Waals surface area (Å²) in [7, 11) is 1.67. The summed E-state index contributed by atoms with van der Waals surface area (Å²) in [6.45, 7) is 1.42. The minimum Gasteiger partial charge on any atom is -0.385 e. The van der Waals surface area contributed by atoms with Crippen LogP contribution in [0.2, 0.25) is 10.0 Å². The first kappa shape index (κ1) is 15.8. The molecule has 6 nitrogen and oxygen atoms in total. The monoisotopic (exact) mass is 327 g/mol. The van der Waals surface area contributed by atoms with Gasteiger partial charge in [0.05, 0.1) is 21.9 Å². The van der Waals surface area contributed by atoms with Crippen molar-refractivity contribution in [3.63, 3.8) is 0 Å². The van der Waals surface area contributed by atoms with E-state index in [0.29, 0.717) is 34.1 Å². The molecule has 0 fully saturated rings. The number of aromatic nitrogens is 3. The van der Waals surface area contributed by atoms with Gasteiger partial charge in [-0.15, -0.1) is 5.10 Å². The van der Waals surface area contributed by atoms with Crippen molar-refractivity contribution in [2.24, 2.45) is 0 Å². The summed E-state index contributed by atoms with van der Waals surface area (Å²) < 4.78 is 4.98. The SMILES string of the molecule is COCCCNc1cnnc(Nc2c(Cl)cccc2Cl)n1. The summed E-state index contributed by atoms with van der Waals surface area (Å²) in [5.74, 6) is 0.938. The lowest BCUT2D eigenvalue weighted by molar-refractivity contribution is 0.197. The van der Waals surface area contributed by atoms with Crippen LogP contribution in [0.15, 0.2) is 24.4 Å². The number of hydrogen-bond donors (Lipinski definition) is 2. The lowest BCUT2D eigenvalue weighted by atomic mass is 10.3. The van der Waals surface area contributed by atoms with Crippen molar-refractivity contribution in [1.82, 2.24) is 15.2 Å². The summed E-state index contributed by atoms with van der Waals surface area (Å²) in [6.07, 6.45) is 2.42. The highest BCUT2D eigenvalue weighted by Crippen LogP contribution is 2.31. The van der Waals surface area contributed by atoms with Crippen molar-refractivity contribution in [1.29, 1.82) is 0 Å². The molecule has 0 aliphatic rings. The molecule has 0 radical (unpaired) electrons. The van der Waals surface area contributed by atoms with Crippen molar-refractivity contribution in [3.05, 3.63) is 34.4 Å². The highest BCUT2D eigenvalue weighted by Gasteiger charge is 2.08. The molecule has 112 valence electrons. The first-order valence-electron chi connectivity index (χ1n) is 6.34. The quantitative estimate of drug-likeness (QED) is 0.759. The number of methoxy groups -OCH3 is 1. The van der Waals surface area contributed by atoms with Crippen molar-refractivity contribution < 1.29 is 4.74 Å². The van der Waals surface area contributed by atoms with E-state index in [-0.39, 0.29) is 0 Å². The minimum absolute atomic E-state index is 0.321. The van der Waals surface area contributed by atoms with Gasteiger partial charge in [-0.05, 0) is 18.6 Å². The molecule has 8 heteroatoms. The van der Waals surface area contributed by atoms with Gasteiger partial charge in [-0.25, -0.2) is 0 Å². The summed E-state index contributed by atoms with van der Waals surface area (Å²) in [6, 6.07) is 5.23. The van der Waals surface area contributed by atoms with E-state index in [2.05, 4.69) is 25.8 Å². The Hall–Kier alpha value is -1.63. The summed E-state index contributed by atoms with van der Waals surface area (Å²) in [5.41, 5.74) is 0.555. The van der Waals surface area contributed by atoms with Gasteiger partial charge in [0, 0.05) is 20.3 Å². The van der Waals surface area contributed by atoms with Crippen LogP contribution in [0.5, 0.6) is 0 Å². The van der Waals surface area contributed by atoms with Gasteiger partial charge in [0.1, 0.15) is 0 Å². The van der Waals surface area contributed by atoms with Gasteiger partial charge in [-0.1, -0.05) is 29.3 Å². The fourth-order valence-corrected chi connectivity index (χ4v) is 2.10. The molecule has 0 unspecified atom stereocenters. The fourth-order valence-electron chi connectivity index (χ4n) is 1.60. The zero-order valence-corrected chi connectivity index (χ0v) is 12.9. The second-order valence-electron chi connectivity index (χ2n) is 4.16. The third kappa shape index (κ3) is 4.70. The maximum Gasteiger partial charge on any atom is 0.249 e. The standard InChI is InChI=1S/C13H15Cl2N5O/c1-21-7-3-6-16-11-8-17-20-13(18-11)19-12-9(14)4-2-5-10(12)15/h2,4-5,8H,3,6-7H2,1H3,(H2,16,18,19,20). The molecule has 1 heterocycles. The first-order valence-corrected chi connectivity index (χ1v) is 7.10. The number of ether oxygens (including phenoxy) is 1. The van der Waals surface area contributed by atoms with Gasteiger partial charge in [-0.2, -0.15) is 10.1 Å². The molecule has 0 saturated carbocycles. The molecular weight excluding hydrogens is 313 g/mol. The molecule has 1 aromatic heterocycles. The van der Waals surface area contributed by atoms with Crippen LogP contribution in [-0.4, -0.2) is 35.4 Å². The molecule has 0 amide bonds. The molecular formula is C13H15Cl2N5O. The highest BCUT2D eigenvalue weighted by molar-refractivity contribution is 6.39. The number of rotatable bonds is 7. The van der Waals surface area contributed by atoms with Crippen LogP contribution < -0.4 is 10.6 Å². The summed E-state index contributed by atoms with van der Waals surface area (Å²) in [4.78, 5) is 4.29. The van der Waals surface area contributed by atoms with Crippen molar-refractivity contribution >= 4 is 40.7 Å². The minimum atomic E-state index is 0.321. The molecule has 0 aliphatic heterocycles. The zero-order valence-electron chi connectivity index (χ0n) is 11.4. The van der Waals surface area contributed by atoms with Crippen LogP contribution >= 0.6 is 23.2 Å². The number of hydrogen-bond acceptors (Lipinski definition) is 6. The van der Waals surface area contributed by atoms with Crippen molar-refractivity contribution in [3.8, 4) is 0 Å². The molecule has 2 aromatic rings. The van der Waals surface area contributed by atoms with E-state index in [0.717, 1.165) is 13.0 Å². The third-order valence-corrected chi connectivity index (χ3v) is 3.22. The van der Waals surface area contributed by atoms with Gasteiger partial charge in [0.15, 0.2) is 5.82 Å². The second kappa shape index (κ2) is 7.97. The number of para-hydroxylation sites is 1. The average molecular weight is 328 g/mol. The molecule has 0 atom stereocenters. The van der Waals surface area contributed by atoms with Gasteiger partial charge in [0.2, 0.25) is 5.95 Å². The van der Waals surface area contributed by atoms with E-state index in [4.69, 9.17) is 27.9 Å². The smallest absolute Gasteiger partial charge is 0.249 e. The molecule has 1 aromatic carbocycles. The Bertz CT molecular complexity index is 576. The van der Waals surface area contributed by atoms with E-state index < -0.39 is 0 Å². The number of nitrogens with zero attached hydrogens (tertiary/aromatic N) is 3. The molecule has 0 aliphatic carbocycles. The average Bonchev–Trinajstić information content (AvgIpc) is 2.48. The topological polar surface area (TPSA) is 72.0 Å². The Kier molecular flexibility index (Phi) is 5.98. The van der Waals surface area contributed by atoms with Gasteiger partial charge in [0.25, 0.3) is 0 Å². The lowest BCUT2D eigenvalue weighted by Gasteiger charge is -2.09. The Labute approximate surface area is 132 Å². The van der Waals surface area contributed by atoms with E-state index in [1.807, 2.05) is 0 Å². The van der Waals surface area contributed by atoms with Crippen molar-refractivity contribution in [2.45, 2.75) is 6.42 Å². The maximum atomic E-state index is 6.09. The Morgan fingerprint density at radius 3 is 2.71 bits per heavy atom. The number of halogens is 2. The largest absolute Gasteiger partial charge is 0.385 e. The Morgan fingerprint density at radius 1 is 1.24 bits per heavy atom. The van der Waals surface area contributed by atoms with Gasteiger partial charge >= 0.3 is 0 Å². The normalized spacial score (nSPS) is 10.4. The molecule has 0 bridgehead atoms. The molecule has 21 heavy (non-hydrogen) atoms. The third-order valence-electron chi connectivity index (χ3n) is 2.59. The lowest BCUT2D eigenvalue weighted by Crippen LogP contribution is -2.08. The van der Waals surface area contributed by atoms with Crippen LogP contribution in [-0.2, 0) is 4.74 Å². The molecule has 2 rings (SSSR count). The molecule has 0 saturated heterocycles. The van der Waals surface area contributed by atoms with Crippen LogP contribution in [0.3, 0.4) is 0 Å². The van der Waals surface area contributed by atoms with Crippen LogP contribution in [0.1, 0.15) is 6.42 Å². The van der Waals surface area contributed by atoms with Gasteiger partial charge in [-0.3, -0.25) is 0 Å². The fraction of sp³-hybridized carbons (Fsp3) is 0.308. The Morgan fingerprint density at radius 2 is 2.00 bits per heavy atom. The van der Waals surface area contributed by atoms with Crippen LogP contribution in [0.25, 0.3) is 0 Å². The summed E-state index contributed by atoms with van der Waals surface area (Å²) >= 11 is 12.2. The Balaban J connectivity index is 2.04. The van der Waals surface area contributed by atoms with Crippen LogP contribution in [0, 0.1) is 0 Å². The predicted molar refractivity (Wildman–Crippen MR) is 84.6 cm³/mol. The maximum absolute atomic E-state index is 6.09. The van der Waals surface area contributed by atoms with E-state index in [1.54, 1.807) is 31.5 Å².